The number of aliphatic carboxylic acids is 3. The molecule has 0 aromatic heterocycles. The fourth-order valence-electron chi connectivity index (χ4n) is 5.67. The summed E-state index contributed by atoms with van der Waals surface area (Å²) in [4.78, 5) is 165. The maximum Gasteiger partial charge on any atom is 0.326 e. The van der Waals surface area contributed by atoms with E-state index in [4.69, 9.17) is 17.2 Å². The van der Waals surface area contributed by atoms with Crippen molar-refractivity contribution < 1.29 is 87.9 Å². The number of primary amides is 2. The second kappa shape index (κ2) is 32.4. The number of aliphatic hydroxyl groups excluding tert-OH is 2. The lowest BCUT2D eigenvalue weighted by molar-refractivity contribution is -0.143. The summed E-state index contributed by atoms with van der Waals surface area (Å²) in [6.07, 6.45) is -3.37. The van der Waals surface area contributed by atoms with Gasteiger partial charge in [0.1, 0.15) is 48.3 Å². The minimum Gasteiger partial charge on any atom is -0.481 e. The van der Waals surface area contributed by atoms with Gasteiger partial charge in [-0.1, -0.05) is 0 Å². The van der Waals surface area contributed by atoms with Crippen LogP contribution in [-0.4, -0.2) is 194 Å². The van der Waals surface area contributed by atoms with Gasteiger partial charge in [-0.05, 0) is 63.5 Å². The molecule has 390 valence electrons. The number of nitrogens with one attached hydrogen (secondary N) is 8. The van der Waals surface area contributed by atoms with Crippen LogP contribution >= 0.6 is 23.5 Å². The number of carbonyl (C=O) groups is 13. The smallest absolute Gasteiger partial charge is 0.326 e. The highest BCUT2D eigenvalue weighted by Crippen LogP contribution is 2.09. The maximum atomic E-state index is 13.8. The number of carboxylic acids is 3. The molecule has 19 N–H and O–H groups in total. The molecule has 0 radical (unpaired) electrons. The number of thioether (sulfide) groups is 2. The minimum atomic E-state index is -1.97. The number of carboxylic acid groups (broad SMARTS) is 3. The number of hydrogen-bond donors (Lipinski definition) is 16. The van der Waals surface area contributed by atoms with Crippen LogP contribution in [0.25, 0.3) is 0 Å². The molecule has 0 spiro atoms. The van der Waals surface area contributed by atoms with E-state index in [2.05, 4.69) is 42.5 Å². The largest absolute Gasteiger partial charge is 0.481 e. The number of carbonyl (C=O) groups excluding carboxylic acids is 10. The molecule has 0 bridgehead atoms. The Balaban J connectivity index is 6.67. The molecule has 31 heteroatoms. The van der Waals surface area contributed by atoms with E-state index in [1.54, 1.807) is 12.5 Å². The summed E-state index contributed by atoms with van der Waals surface area (Å²) in [5.74, 6) is -15.8. The van der Waals surface area contributed by atoms with Crippen LogP contribution < -0.4 is 59.7 Å². The highest BCUT2D eigenvalue weighted by molar-refractivity contribution is 7.98. The Bertz CT molecular complexity index is 1860. The van der Waals surface area contributed by atoms with E-state index in [1.165, 1.54) is 30.4 Å². The fourth-order valence-corrected chi connectivity index (χ4v) is 6.61. The lowest BCUT2D eigenvalue weighted by Gasteiger charge is -2.28. The van der Waals surface area contributed by atoms with Crippen molar-refractivity contribution in [2.24, 2.45) is 17.2 Å². The Hall–Kier alpha value is -6.31. The zero-order valence-corrected chi connectivity index (χ0v) is 39.8. The lowest BCUT2D eigenvalue weighted by atomic mass is 10.1. The van der Waals surface area contributed by atoms with Gasteiger partial charge in [0.25, 0.3) is 0 Å². The molecule has 0 saturated carbocycles. The summed E-state index contributed by atoms with van der Waals surface area (Å²) in [6.45, 7) is 1.34. The van der Waals surface area contributed by atoms with Gasteiger partial charge >= 0.3 is 17.9 Å². The van der Waals surface area contributed by atoms with Crippen molar-refractivity contribution in [1.29, 1.82) is 0 Å². The quantitative estimate of drug-likeness (QED) is 0.0280. The molecular weight excluding hydrogens is 963 g/mol. The Morgan fingerprint density at radius 3 is 1.12 bits per heavy atom. The van der Waals surface area contributed by atoms with Crippen molar-refractivity contribution in [3.05, 3.63) is 0 Å². The predicted octanol–water partition coefficient (Wildman–Crippen LogP) is -7.34. The Morgan fingerprint density at radius 1 is 0.464 bits per heavy atom. The molecule has 0 aromatic rings. The summed E-state index contributed by atoms with van der Waals surface area (Å²) in [6, 6.07) is -15.2. The van der Waals surface area contributed by atoms with Crippen molar-refractivity contribution >= 4 is 101 Å². The molecule has 10 unspecified atom stereocenters. The maximum absolute atomic E-state index is 13.8. The van der Waals surface area contributed by atoms with Crippen LogP contribution in [0, 0.1) is 0 Å². The third-order valence-corrected chi connectivity index (χ3v) is 10.7. The third kappa shape index (κ3) is 25.0. The first-order valence-electron chi connectivity index (χ1n) is 20.9. The van der Waals surface area contributed by atoms with E-state index in [9.17, 15) is 87.9 Å². The molecule has 0 aliphatic heterocycles. The lowest BCUT2D eigenvalue weighted by Crippen LogP contribution is -2.61. The molecule has 0 saturated heterocycles. The van der Waals surface area contributed by atoms with Gasteiger partial charge in [-0.2, -0.15) is 23.5 Å². The van der Waals surface area contributed by atoms with E-state index in [0.717, 1.165) is 6.92 Å². The van der Waals surface area contributed by atoms with E-state index in [0.29, 0.717) is 5.75 Å². The molecule has 0 fully saturated rings. The van der Waals surface area contributed by atoms with Crippen LogP contribution in [0.4, 0.5) is 0 Å². The molecule has 10 atom stereocenters. The number of hydrogen-bond acceptors (Lipinski definition) is 18. The second-order valence-corrected chi connectivity index (χ2v) is 17.2. The Morgan fingerprint density at radius 2 is 0.783 bits per heavy atom. The average molecular weight is 1030 g/mol. The van der Waals surface area contributed by atoms with Gasteiger partial charge in [0, 0.05) is 12.8 Å². The van der Waals surface area contributed by atoms with Gasteiger partial charge in [-0.25, -0.2) is 4.79 Å². The summed E-state index contributed by atoms with van der Waals surface area (Å²) in [5, 5.41) is 65.7. The van der Waals surface area contributed by atoms with Gasteiger partial charge in [0.2, 0.25) is 59.1 Å². The average Bonchev–Trinajstić information content (AvgIpc) is 3.25. The molecule has 29 nitrogen and oxygen atoms in total. The monoisotopic (exact) mass is 1030 g/mol. The number of aliphatic hydroxyl groups is 2. The topological polar surface area (TPSA) is 497 Å². The van der Waals surface area contributed by atoms with Crippen molar-refractivity contribution in [3.8, 4) is 0 Å². The molecule has 10 amide bonds. The summed E-state index contributed by atoms with van der Waals surface area (Å²) < 4.78 is 0. The molecule has 0 heterocycles. The van der Waals surface area contributed by atoms with E-state index in [-0.39, 0.29) is 18.6 Å². The first-order valence-corrected chi connectivity index (χ1v) is 23.7. The van der Waals surface area contributed by atoms with Crippen LogP contribution in [0.15, 0.2) is 0 Å². The first-order chi connectivity index (χ1) is 32.2. The van der Waals surface area contributed by atoms with E-state index < -0.39 is 183 Å². The molecule has 0 aliphatic carbocycles. The van der Waals surface area contributed by atoms with Crippen molar-refractivity contribution in [2.45, 2.75) is 126 Å². The van der Waals surface area contributed by atoms with Crippen LogP contribution in [-0.2, 0) is 62.3 Å². The molecule has 0 rings (SSSR count). The van der Waals surface area contributed by atoms with Crippen LogP contribution in [0.1, 0.15) is 65.2 Å². The van der Waals surface area contributed by atoms with Gasteiger partial charge in [-0.15, -0.1) is 0 Å². The van der Waals surface area contributed by atoms with Gasteiger partial charge < -0.3 is 85.3 Å². The molecule has 0 aromatic carbocycles. The van der Waals surface area contributed by atoms with Gasteiger partial charge in [0.05, 0.1) is 31.6 Å². The third-order valence-electron chi connectivity index (χ3n) is 9.40. The second-order valence-electron chi connectivity index (χ2n) is 15.2. The normalized spacial score (nSPS) is 15.2. The number of amides is 10. The van der Waals surface area contributed by atoms with Crippen molar-refractivity contribution in [3.63, 3.8) is 0 Å². The number of nitrogens with two attached hydrogens (primary N) is 3. The zero-order chi connectivity index (χ0) is 53.1. The SMILES string of the molecule is CSCCC(NC(=O)C(NC(=O)C(CCC(=O)O)NC(=O)C(CCSC)NC(=O)C(CC(N)=O)NC(=O)C(CCC(=O)O)NC(=O)C(CC(N)=O)NC(=O)C(CO)NC(=O)C(C)N)C(C)O)C(=O)O. The Kier molecular flexibility index (Phi) is 29.5. The van der Waals surface area contributed by atoms with Gasteiger partial charge in [0.15, 0.2) is 0 Å². The summed E-state index contributed by atoms with van der Waals surface area (Å²) in [7, 11) is 0. The molecular formula is C38H63N11O18S2. The van der Waals surface area contributed by atoms with Crippen LogP contribution in [0.2, 0.25) is 0 Å². The number of rotatable bonds is 35. The highest BCUT2D eigenvalue weighted by Gasteiger charge is 2.36. The highest BCUT2D eigenvalue weighted by atomic mass is 32.2. The van der Waals surface area contributed by atoms with Crippen molar-refractivity contribution in [2.75, 3.05) is 30.6 Å². The first kappa shape index (κ1) is 62.7. The van der Waals surface area contributed by atoms with E-state index >= 15 is 0 Å². The summed E-state index contributed by atoms with van der Waals surface area (Å²) in [5.41, 5.74) is 16.0. The van der Waals surface area contributed by atoms with E-state index in [1.807, 2.05) is 0 Å². The molecule has 0 aliphatic rings. The fraction of sp³-hybridized carbons (Fsp3) is 0.658. The Labute approximate surface area is 403 Å². The van der Waals surface area contributed by atoms with Crippen molar-refractivity contribution in [1.82, 2.24) is 42.5 Å². The molecule has 69 heavy (non-hydrogen) atoms. The van der Waals surface area contributed by atoms with Gasteiger partial charge in [-0.3, -0.25) is 57.5 Å². The van der Waals surface area contributed by atoms with Crippen LogP contribution in [0.5, 0.6) is 0 Å². The standard InChI is InChI=1S/C38H63N11O18S2/c1-16(39)30(58)48-24(15-50)36(64)47-23(14-26(41)53)34(62)43-18(5-7-27(54)55)31(59)46-22(13-25(40)52)35(63)44-20(9-11-68-3)32(60)42-19(6-8-28(56)57)33(61)49-29(17(2)51)37(65)45-21(38(66)67)10-12-69-4/h16-24,29,50-51H,5-15,39H2,1-4H3,(H2,40,52)(H2,41,53)(H,42,60)(H,43,62)(H,44,63)(H,45,65)(H,46,59)(H,47,64)(H,48,58)(H,49,61)(H,54,55)(H,56,57)(H,66,67). The summed E-state index contributed by atoms with van der Waals surface area (Å²) >= 11 is 2.46. The minimum absolute atomic E-state index is 0.0261. The zero-order valence-electron chi connectivity index (χ0n) is 38.1. The predicted molar refractivity (Wildman–Crippen MR) is 243 cm³/mol. The van der Waals surface area contributed by atoms with Crippen LogP contribution in [0.3, 0.4) is 0 Å².